The fourth-order valence-electron chi connectivity index (χ4n) is 2.04. The molecule has 126 valence electrons. The van der Waals surface area contributed by atoms with Crippen molar-refractivity contribution in [3.05, 3.63) is 36.2 Å². The molecule has 1 aromatic carbocycles. The van der Waals surface area contributed by atoms with Crippen molar-refractivity contribution >= 4 is 27.1 Å². The molecular formula is C14H15N5O4S. The summed E-state index contributed by atoms with van der Waals surface area (Å²) in [6.45, 7) is 0.466. The van der Waals surface area contributed by atoms with Gasteiger partial charge < -0.3 is 19.2 Å². The Morgan fingerprint density at radius 2 is 1.96 bits per heavy atom. The van der Waals surface area contributed by atoms with Gasteiger partial charge in [0.05, 0.1) is 19.7 Å². The lowest BCUT2D eigenvalue weighted by Crippen LogP contribution is -2.10. The molecule has 0 aliphatic carbocycles. The summed E-state index contributed by atoms with van der Waals surface area (Å²) in [7, 11) is -2.12. The van der Waals surface area contributed by atoms with Crippen molar-refractivity contribution in [2.45, 2.75) is 6.54 Å². The number of anilines is 1. The molecular weight excluding hydrogens is 334 g/mol. The first-order valence-electron chi connectivity index (χ1n) is 6.92. The third-order valence-corrected chi connectivity index (χ3v) is 3.56. The second-order valence-electron chi connectivity index (χ2n) is 4.95. The summed E-state index contributed by atoms with van der Waals surface area (Å²) >= 11 is 0. The van der Waals surface area contributed by atoms with E-state index in [2.05, 4.69) is 25.3 Å². The molecule has 0 atom stereocenters. The van der Waals surface area contributed by atoms with Gasteiger partial charge in [0, 0.05) is 6.54 Å². The average Bonchev–Trinajstić information content (AvgIpc) is 3.00. The molecule has 2 aromatic heterocycles. The highest BCUT2D eigenvalue weighted by Crippen LogP contribution is 2.21. The van der Waals surface area contributed by atoms with E-state index in [1.165, 1.54) is 6.33 Å². The number of nitrogens with zero attached hydrogens (tertiary/aromatic N) is 3. The maximum Gasteiger partial charge on any atom is 0.337 e. The molecule has 0 spiro atoms. The zero-order valence-corrected chi connectivity index (χ0v) is 13.8. The highest BCUT2D eigenvalue weighted by molar-refractivity contribution is 7.86. The van der Waals surface area contributed by atoms with Crippen LogP contribution in [0.25, 0.3) is 11.2 Å². The summed E-state index contributed by atoms with van der Waals surface area (Å²) in [5, 5.41) is 3.12. The number of H-pyrrole nitrogens is 1. The molecule has 0 radical (unpaired) electrons. The number of aromatic nitrogens is 4. The van der Waals surface area contributed by atoms with Gasteiger partial charge in [0.1, 0.15) is 11.3 Å². The van der Waals surface area contributed by atoms with E-state index in [0.29, 0.717) is 23.5 Å². The number of fused-ring (bicyclic) bond motifs is 1. The summed E-state index contributed by atoms with van der Waals surface area (Å²) in [5.74, 6) is 1.16. The number of nitrogens with one attached hydrogen (secondary N) is 2. The molecule has 9 nitrogen and oxygen atoms in total. The van der Waals surface area contributed by atoms with Gasteiger partial charge in [-0.3, -0.25) is 0 Å². The van der Waals surface area contributed by atoms with Crippen LogP contribution in [-0.4, -0.2) is 41.7 Å². The van der Waals surface area contributed by atoms with Crippen molar-refractivity contribution in [1.29, 1.82) is 0 Å². The molecule has 3 rings (SSSR count). The van der Waals surface area contributed by atoms with Crippen molar-refractivity contribution in [1.82, 2.24) is 19.9 Å². The Bertz CT molecular complexity index is 953. The summed E-state index contributed by atoms with van der Waals surface area (Å²) in [5.41, 5.74) is 1.86. The van der Waals surface area contributed by atoms with E-state index < -0.39 is 10.1 Å². The van der Waals surface area contributed by atoms with E-state index >= 15 is 0 Å². The minimum absolute atomic E-state index is 0.283. The van der Waals surface area contributed by atoms with Crippen LogP contribution in [-0.2, 0) is 16.7 Å². The Morgan fingerprint density at radius 1 is 1.21 bits per heavy atom. The van der Waals surface area contributed by atoms with Crippen molar-refractivity contribution < 1.29 is 17.3 Å². The summed E-state index contributed by atoms with van der Waals surface area (Å²) in [4.78, 5) is 15.0. The Hall–Kier alpha value is -2.88. The lowest BCUT2D eigenvalue weighted by atomic mass is 10.2. The first-order valence-corrected chi connectivity index (χ1v) is 8.73. The molecule has 0 saturated carbocycles. The molecule has 10 heteroatoms. The van der Waals surface area contributed by atoms with Gasteiger partial charge in [0.15, 0.2) is 11.5 Å². The standard InChI is InChI=1S/C14H15N5O4S/c1-22-10-5-3-9(4-6-10)7-15-12-11-13(17-8-16-11)19-14(18-12)23-24(2,20)21/h3-6,8H,7H2,1-2H3,(H2,15,16,17,18,19). The van der Waals surface area contributed by atoms with Crippen molar-refractivity contribution in [2.75, 3.05) is 18.7 Å². The normalized spacial score (nSPS) is 11.4. The topological polar surface area (TPSA) is 119 Å². The number of benzene rings is 1. The largest absolute Gasteiger partial charge is 0.497 e. The Morgan fingerprint density at radius 3 is 2.62 bits per heavy atom. The second-order valence-corrected chi connectivity index (χ2v) is 6.52. The van der Waals surface area contributed by atoms with Gasteiger partial charge >= 0.3 is 16.1 Å². The summed E-state index contributed by atoms with van der Waals surface area (Å²) < 4.78 is 32.4. The smallest absolute Gasteiger partial charge is 0.337 e. The minimum atomic E-state index is -3.73. The van der Waals surface area contributed by atoms with Crippen LogP contribution in [0.1, 0.15) is 5.56 Å². The van der Waals surface area contributed by atoms with Crippen LogP contribution < -0.4 is 14.2 Å². The zero-order valence-electron chi connectivity index (χ0n) is 13.0. The number of ether oxygens (including phenoxy) is 1. The quantitative estimate of drug-likeness (QED) is 0.639. The first kappa shape index (κ1) is 16.0. The predicted octanol–water partition coefficient (Wildman–Crippen LogP) is 1.31. The monoisotopic (exact) mass is 349 g/mol. The van der Waals surface area contributed by atoms with E-state index in [-0.39, 0.29) is 6.01 Å². The van der Waals surface area contributed by atoms with Gasteiger partial charge in [-0.2, -0.15) is 18.4 Å². The van der Waals surface area contributed by atoms with Crippen LogP contribution in [0.15, 0.2) is 30.6 Å². The molecule has 0 unspecified atom stereocenters. The molecule has 2 N–H and O–H groups in total. The van der Waals surface area contributed by atoms with Crippen LogP contribution >= 0.6 is 0 Å². The fourth-order valence-corrected chi connectivity index (χ4v) is 2.39. The van der Waals surface area contributed by atoms with Crippen LogP contribution in [0.3, 0.4) is 0 Å². The molecule has 2 heterocycles. The Kier molecular flexibility index (Phi) is 4.21. The van der Waals surface area contributed by atoms with Gasteiger partial charge in [-0.15, -0.1) is 0 Å². The van der Waals surface area contributed by atoms with Crippen molar-refractivity contribution in [2.24, 2.45) is 0 Å². The number of hydrogen-bond donors (Lipinski definition) is 2. The number of rotatable bonds is 6. The highest BCUT2D eigenvalue weighted by Gasteiger charge is 2.14. The second kappa shape index (κ2) is 6.32. The molecule has 3 aromatic rings. The lowest BCUT2D eigenvalue weighted by Gasteiger charge is -2.08. The molecule has 0 aliphatic rings. The van der Waals surface area contributed by atoms with Gasteiger partial charge in [0.25, 0.3) is 0 Å². The maximum atomic E-state index is 11.3. The molecule has 0 fully saturated rings. The highest BCUT2D eigenvalue weighted by atomic mass is 32.2. The van der Waals surface area contributed by atoms with Crippen LogP contribution in [0.2, 0.25) is 0 Å². The number of hydrogen-bond acceptors (Lipinski definition) is 8. The average molecular weight is 349 g/mol. The van der Waals surface area contributed by atoms with Crippen LogP contribution in [0, 0.1) is 0 Å². The number of aromatic amines is 1. The third kappa shape index (κ3) is 3.71. The fraction of sp³-hybridized carbons (Fsp3) is 0.214. The van der Waals surface area contributed by atoms with Crippen LogP contribution in [0.5, 0.6) is 11.8 Å². The van der Waals surface area contributed by atoms with E-state index in [9.17, 15) is 8.42 Å². The molecule has 0 amide bonds. The molecule has 0 bridgehead atoms. The van der Waals surface area contributed by atoms with Gasteiger partial charge in [-0.05, 0) is 17.7 Å². The lowest BCUT2D eigenvalue weighted by molar-refractivity contribution is 0.414. The van der Waals surface area contributed by atoms with E-state index in [1.807, 2.05) is 24.3 Å². The number of methoxy groups -OCH3 is 1. The molecule has 0 aliphatic heterocycles. The Labute approximate surface area is 138 Å². The van der Waals surface area contributed by atoms with E-state index in [1.54, 1.807) is 7.11 Å². The Balaban J connectivity index is 1.85. The first-order chi connectivity index (χ1) is 11.4. The van der Waals surface area contributed by atoms with E-state index in [0.717, 1.165) is 17.6 Å². The van der Waals surface area contributed by atoms with Crippen molar-refractivity contribution in [3.63, 3.8) is 0 Å². The van der Waals surface area contributed by atoms with E-state index in [4.69, 9.17) is 8.92 Å². The van der Waals surface area contributed by atoms with Gasteiger partial charge in [-0.1, -0.05) is 12.1 Å². The van der Waals surface area contributed by atoms with Gasteiger partial charge in [0.2, 0.25) is 0 Å². The third-order valence-electron chi connectivity index (χ3n) is 3.11. The SMILES string of the molecule is COc1ccc(CNc2nc(OS(C)(=O)=O)nc3nc[nH]c23)cc1. The zero-order chi connectivity index (χ0) is 17.2. The summed E-state index contributed by atoms with van der Waals surface area (Å²) in [6.07, 6.45) is 2.37. The summed E-state index contributed by atoms with van der Waals surface area (Å²) in [6, 6.07) is 7.23. The predicted molar refractivity (Wildman–Crippen MR) is 87.5 cm³/mol. The molecule has 0 saturated heterocycles. The number of imidazole rings is 1. The van der Waals surface area contributed by atoms with Crippen molar-refractivity contribution in [3.8, 4) is 11.8 Å². The minimum Gasteiger partial charge on any atom is -0.497 e. The van der Waals surface area contributed by atoms with Crippen LogP contribution in [0.4, 0.5) is 5.82 Å². The maximum absolute atomic E-state index is 11.3. The van der Waals surface area contributed by atoms with Gasteiger partial charge in [-0.25, -0.2) is 4.98 Å². The molecule has 24 heavy (non-hydrogen) atoms.